The third kappa shape index (κ3) is 2.65. The number of anilines is 2. The molecule has 0 radical (unpaired) electrons. The number of hydrogen-bond donors (Lipinski definition) is 2. The lowest BCUT2D eigenvalue weighted by Crippen LogP contribution is -2.42. The first-order valence-electron chi connectivity index (χ1n) is 5.62. The lowest BCUT2D eigenvalue weighted by molar-refractivity contribution is 0.0247. The van der Waals surface area contributed by atoms with Crippen LogP contribution in [0.25, 0.3) is 0 Å². The Kier molecular flexibility index (Phi) is 3.64. The molecule has 0 unspecified atom stereocenters. The quantitative estimate of drug-likeness (QED) is 0.745. The van der Waals surface area contributed by atoms with Gasteiger partial charge in [-0.25, -0.2) is 0 Å². The second-order valence-corrected chi connectivity index (χ2v) is 4.04. The number of aliphatic hydroxyl groups is 1. The SMILES string of the molecule is Nc1ccc(N2CCO[C@@H](CCO)C2)cc1. The van der Waals surface area contributed by atoms with Crippen LogP contribution in [0.3, 0.4) is 0 Å². The summed E-state index contributed by atoms with van der Waals surface area (Å²) in [6, 6.07) is 7.87. The van der Waals surface area contributed by atoms with Crippen molar-refractivity contribution in [2.75, 3.05) is 36.9 Å². The average molecular weight is 222 g/mol. The summed E-state index contributed by atoms with van der Waals surface area (Å²) in [4.78, 5) is 2.27. The van der Waals surface area contributed by atoms with E-state index in [0.29, 0.717) is 6.42 Å². The maximum absolute atomic E-state index is 8.90. The predicted molar refractivity (Wildman–Crippen MR) is 64.5 cm³/mol. The molecule has 1 heterocycles. The van der Waals surface area contributed by atoms with Crippen LogP contribution in [-0.4, -0.2) is 37.5 Å². The zero-order chi connectivity index (χ0) is 11.4. The van der Waals surface area contributed by atoms with Gasteiger partial charge in [0, 0.05) is 31.1 Å². The molecule has 0 bridgehead atoms. The second kappa shape index (κ2) is 5.18. The molecule has 3 N–H and O–H groups in total. The summed E-state index contributed by atoms with van der Waals surface area (Å²) in [5.41, 5.74) is 7.60. The summed E-state index contributed by atoms with van der Waals surface area (Å²) < 4.78 is 5.57. The monoisotopic (exact) mass is 222 g/mol. The molecule has 0 spiro atoms. The molecule has 16 heavy (non-hydrogen) atoms. The van der Waals surface area contributed by atoms with E-state index in [1.54, 1.807) is 0 Å². The molecule has 1 aliphatic rings. The first-order valence-corrected chi connectivity index (χ1v) is 5.62. The van der Waals surface area contributed by atoms with Crippen molar-refractivity contribution in [3.8, 4) is 0 Å². The molecular formula is C12H18N2O2. The van der Waals surface area contributed by atoms with E-state index < -0.39 is 0 Å². The van der Waals surface area contributed by atoms with Gasteiger partial charge in [0.2, 0.25) is 0 Å². The van der Waals surface area contributed by atoms with E-state index >= 15 is 0 Å². The normalized spacial score (nSPS) is 21.1. The molecule has 1 aliphatic heterocycles. The Morgan fingerprint density at radius 1 is 1.38 bits per heavy atom. The predicted octanol–water partition coefficient (Wildman–Crippen LogP) is 0.856. The van der Waals surface area contributed by atoms with Crippen molar-refractivity contribution >= 4 is 11.4 Å². The summed E-state index contributed by atoms with van der Waals surface area (Å²) in [6.07, 6.45) is 0.835. The first-order chi connectivity index (χ1) is 7.79. The Morgan fingerprint density at radius 3 is 2.81 bits per heavy atom. The number of hydrogen-bond acceptors (Lipinski definition) is 4. The maximum Gasteiger partial charge on any atom is 0.0772 e. The van der Waals surface area contributed by atoms with Crippen molar-refractivity contribution in [2.45, 2.75) is 12.5 Å². The maximum atomic E-state index is 8.90. The number of ether oxygens (including phenoxy) is 1. The van der Waals surface area contributed by atoms with Gasteiger partial charge in [-0.05, 0) is 30.7 Å². The highest BCUT2D eigenvalue weighted by Gasteiger charge is 2.19. The van der Waals surface area contributed by atoms with E-state index in [1.807, 2.05) is 24.3 Å². The fourth-order valence-corrected chi connectivity index (χ4v) is 1.96. The molecule has 1 fully saturated rings. The van der Waals surface area contributed by atoms with Gasteiger partial charge in [-0.2, -0.15) is 0 Å². The van der Waals surface area contributed by atoms with E-state index in [1.165, 1.54) is 5.69 Å². The topological polar surface area (TPSA) is 58.7 Å². The van der Waals surface area contributed by atoms with Crippen molar-refractivity contribution in [1.29, 1.82) is 0 Å². The Balaban J connectivity index is 2.01. The Bertz CT molecular complexity index is 324. The van der Waals surface area contributed by atoms with E-state index in [-0.39, 0.29) is 12.7 Å². The Hall–Kier alpha value is -1.26. The number of nitrogens with two attached hydrogens (primary N) is 1. The largest absolute Gasteiger partial charge is 0.399 e. The van der Waals surface area contributed by atoms with E-state index in [4.69, 9.17) is 15.6 Å². The summed E-state index contributed by atoms with van der Waals surface area (Å²) in [5, 5.41) is 8.90. The number of morpholine rings is 1. The fourth-order valence-electron chi connectivity index (χ4n) is 1.96. The van der Waals surface area contributed by atoms with Gasteiger partial charge in [-0.3, -0.25) is 0 Å². The van der Waals surface area contributed by atoms with Gasteiger partial charge in [-0.15, -0.1) is 0 Å². The lowest BCUT2D eigenvalue weighted by Gasteiger charge is -2.34. The van der Waals surface area contributed by atoms with Gasteiger partial charge in [0.1, 0.15) is 0 Å². The van der Waals surface area contributed by atoms with Crippen LogP contribution in [0, 0.1) is 0 Å². The zero-order valence-electron chi connectivity index (χ0n) is 9.30. The molecule has 1 atom stereocenters. The number of aliphatic hydroxyl groups excluding tert-OH is 1. The molecule has 2 rings (SSSR count). The van der Waals surface area contributed by atoms with Crippen molar-refractivity contribution in [1.82, 2.24) is 0 Å². The van der Waals surface area contributed by atoms with Crippen LogP contribution in [0.15, 0.2) is 24.3 Å². The Morgan fingerprint density at radius 2 is 2.12 bits per heavy atom. The van der Waals surface area contributed by atoms with Crippen LogP contribution >= 0.6 is 0 Å². The molecule has 0 amide bonds. The highest BCUT2D eigenvalue weighted by Crippen LogP contribution is 2.19. The number of rotatable bonds is 3. The molecule has 1 aromatic carbocycles. The molecule has 0 aromatic heterocycles. The molecule has 4 nitrogen and oxygen atoms in total. The van der Waals surface area contributed by atoms with Crippen LogP contribution < -0.4 is 10.6 Å². The minimum atomic E-state index is 0.135. The third-order valence-corrected chi connectivity index (χ3v) is 2.85. The molecule has 4 heteroatoms. The number of nitrogen functional groups attached to an aromatic ring is 1. The molecule has 0 aliphatic carbocycles. The van der Waals surface area contributed by atoms with Gasteiger partial charge in [-0.1, -0.05) is 0 Å². The summed E-state index contributed by atoms with van der Waals surface area (Å²) >= 11 is 0. The third-order valence-electron chi connectivity index (χ3n) is 2.85. The van der Waals surface area contributed by atoms with Gasteiger partial charge in [0.05, 0.1) is 12.7 Å². The minimum absolute atomic E-state index is 0.135. The van der Waals surface area contributed by atoms with Crippen LogP contribution in [0.5, 0.6) is 0 Å². The zero-order valence-corrected chi connectivity index (χ0v) is 9.30. The smallest absolute Gasteiger partial charge is 0.0772 e. The van der Waals surface area contributed by atoms with E-state index in [0.717, 1.165) is 25.4 Å². The molecule has 1 saturated heterocycles. The average Bonchev–Trinajstić information content (AvgIpc) is 2.31. The van der Waals surface area contributed by atoms with Crippen LogP contribution in [-0.2, 0) is 4.74 Å². The molecular weight excluding hydrogens is 204 g/mol. The van der Waals surface area contributed by atoms with Gasteiger partial charge in [0.15, 0.2) is 0 Å². The fraction of sp³-hybridized carbons (Fsp3) is 0.500. The van der Waals surface area contributed by atoms with Crippen LogP contribution in [0.4, 0.5) is 11.4 Å². The van der Waals surface area contributed by atoms with Gasteiger partial charge < -0.3 is 20.5 Å². The highest BCUT2D eigenvalue weighted by molar-refractivity contribution is 5.53. The van der Waals surface area contributed by atoms with Crippen molar-refractivity contribution < 1.29 is 9.84 Å². The standard InChI is InChI=1S/C12H18N2O2/c13-10-1-3-11(4-2-10)14-6-8-16-12(9-14)5-7-15/h1-4,12,15H,5-9,13H2/t12-/m0/s1. The summed E-state index contributed by atoms with van der Waals surface area (Å²) in [6.45, 7) is 2.63. The van der Waals surface area contributed by atoms with Crippen molar-refractivity contribution in [3.05, 3.63) is 24.3 Å². The number of benzene rings is 1. The van der Waals surface area contributed by atoms with Crippen LogP contribution in [0.1, 0.15) is 6.42 Å². The van der Waals surface area contributed by atoms with E-state index in [9.17, 15) is 0 Å². The highest BCUT2D eigenvalue weighted by atomic mass is 16.5. The van der Waals surface area contributed by atoms with Crippen molar-refractivity contribution in [3.63, 3.8) is 0 Å². The van der Waals surface area contributed by atoms with Crippen LogP contribution in [0.2, 0.25) is 0 Å². The minimum Gasteiger partial charge on any atom is -0.399 e. The van der Waals surface area contributed by atoms with Crippen molar-refractivity contribution in [2.24, 2.45) is 0 Å². The van der Waals surface area contributed by atoms with Gasteiger partial charge in [0.25, 0.3) is 0 Å². The van der Waals surface area contributed by atoms with E-state index in [2.05, 4.69) is 4.90 Å². The molecule has 88 valence electrons. The Labute approximate surface area is 95.6 Å². The second-order valence-electron chi connectivity index (χ2n) is 4.04. The lowest BCUT2D eigenvalue weighted by atomic mass is 10.2. The first kappa shape index (κ1) is 11.2. The summed E-state index contributed by atoms with van der Waals surface area (Å²) in [7, 11) is 0. The molecule has 0 saturated carbocycles. The molecule has 1 aromatic rings. The summed E-state index contributed by atoms with van der Waals surface area (Å²) in [5.74, 6) is 0. The van der Waals surface area contributed by atoms with Gasteiger partial charge >= 0.3 is 0 Å². The number of nitrogens with zero attached hydrogens (tertiary/aromatic N) is 1.